The van der Waals surface area contributed by atoms with Crippen LogP contribution < -0.4 is 10.6 Å². The third-order valence-electron chi connectivity index (χ3n) is 4.92. The highest BCUT2D eigenvalue weighted by Crippen LogP contribution is 2.30. The lowest BCUT2D eigenvalue weighted by Crippen LogP contribution is -2.27. The lowest BCUT2D eigenvalue weighted by molar-refractivity contribution is 0.926. The van der Waals surface area contributed by atoms with Crippen LogP contribution in [-0.2, 0) is 6.54 Å². The Morgan fingerprint density at radius 3 is 2.10 bits per heavy atom. The van der Waals surface area contributed by atoms with Crippen LogP contribution in [0.4, 0.5) is 5.69 Å². The molecule has 0 fully saturated rings. The van der Waals surface area contributed by atoms with Crippen LogP contribution in [0.3, 0.4) is 0 Å². The Balaban J connectivity index is 1.43. The minimum atomic E-state index is 0.559. The molecule has 3 aromatic heterocycles. The number of hydrogen-bond acceptors (Lipinski definition) is 3. The van der Waals surface area contributed by atoms with Crippen molar-refractivity contribution in [2.45, 2.75) is 6.54 Å². The first-order valence-electron chi connectivity index (χ1n) is 9.94. The highest BCUT2D eigenvalue weighted by atomic mass is 32.1. The minimum absolute atomic E-state index is 0.559. The van der Waals surface area contributed by atoms with Gasteiger partial charge in [-0.15, -0.1) is 0 Å². The first kappa shape index (κ1) is 19.0. The molecule has 5 aromatic rings. The Morgan fingerprint density at radius 2 is 1.45 bits per heavy atom. The van der Waals surface area contributed by atoms with Gasteiger partial charge in [-0.25, -0.2) is 9.97 Å². The normalized spacial score (nSPS) is 10.8. The molecule has 0 saturated carbocycles. The summed E-state index contributed by atoms with van der Waals surface area (Å²) >= 11 is 5.46. The summed E-state index contributed by atoms with van der Waals surface area (Å²) in [6.07, 6.45) is 3.77. The summed E-state index contributed by atoms with van der Waals surface area (Å²) in [6.45, 7) is 0.663. The van der Waals surface area contributed by atoms with Crippen LogP contribution in [0.25, 0.3) is 33.8 Å². The van der Waals surface area contributed by atoms with Crippen molar-refractivity contribution in [3.05, 3.63) is 90.8 Å². The number of H-pyrrole nitrogens is 2. The third-order valence-corrected chi connectivity index (χ3v) is 5.17. The lowest BCUT2D eigenvalue weighted by Gasteiger charge is -2.12. The average molecular weight is 425 g/mol. The van der Waals surface area contributed by atoms with Gasteiger partial charge in [-0.05, 0) is 60.2 Å². The van der Waals surface area contributed by atoms with Gasteiger partial charge >= 0.3 is 0 Å². The predicted molar refractivity (Wildman–Crippen MR) is 129 cm³/mol. The number of fused-ring (bicyclic) bond motifs is 1. The molecule has 4 N–H and O–H groups in total. The summed E-state index contributed by atoms with van der Waals surface area (Å²) in [6, 6.07) is 23.9. The summed E-state index contributed by atoms with van der Waals surface area (Å²) in [5, 5.41) is 7.03. The van der Waals surface area contributed by atoms with E-state index in [2.05, 4.69) is 32.7 Å². The van der Waals surface area contributed by atoms with Gasteiger partial charge in [-0.3, -0.25) is 0 Å². The van der Waals surface area contributed by atoms with Crippen LogP contribution in [0.2, 0.25) is 0 Å². The van der Waals surface area contributed by atoms with Crippen molar-refractivity contribution in [3.8, 4) is 22.8 Å². The Bertz CT molecular complexity index is 1310. The highest BCUT2D eigenvalue weighted by Gasteiger charge is 2.14. The molecule has 0 spiro atoms. The molecule has 2 aromatic carbocycles. The lowest BCUT2D eigenvalue weighted by atomic mass is 10.1. The zero-order chi connectivity index (χ0) is 21.0. The number of aromatic nitrogens is 4. The first-order chi connectivity index (χ1) is 15.3. The highest BCUT2D eigenvalue weighted by molar-refractivity contribution is 7.80. The van der Waals surface area contributed by atoms with Crippen LogP contribution >= 0.6 is 12.2 Å². The second-order valence-corrected chi connectivity index (χ2v) is 7.49. The number of nitrogens with one attached hydrogen (secondary N) is 4. The van der Waals surface area contributed by atoms with Crippen molar-refractivity contribution < 1.29 is 0 Å². The molecule has 0 saturated heterocycles. The average Bonchev–Trinajstić information content (AvgIpc) is 3.52. The van der Waals surface area contributed by atoms with Crippen LogP contribution in [0.1, 0.15) is 5.56 Å². The number of anilines is 1. The summed E-state index contributed by atoms with van der Waals surface area (Å²) in [5.74, 6) is 0. The van der Waals surface area contributed by atoms with E-state index in [1.54, 1.807) is 0 Å². The Labute approximate surface area is 184 Å². The van der Waals surface area contributed by atoms with Crippen molar-refractivity contribution in [1.82, 2.24) is 25.3 Å². The van der Waals surface area contributed by atoms with Crippen molar-refractivity contribution in [3.63, 3.8) is 0 Å². The van der Waals surface area contributed by atoms with Gasteiger partial charge in [0.25, 0.3) is 0 Å². The summed E-state index contributed by atoms with van der Waals surface area (Å²) in [4.78, 5) is 16.3. The van der Waals surface area contributed by atoms with E-state index in [4.69, 9.17) is 22.2 Å². The van der Waals surface area contributed by atoms with E-state index in [9.17, 15) is 0 Å². The quantitative estimate of drug-likeness (QED) is 0.295. The summed E-state index contributed by atoms with van der Waals surface area (Å²) in [5.41, 5.74) is 7.07. The Morgan fingerprint density at radius 1 is 0.774 bits per heavy atom. The number of nitrogens with zero attached hydrogens (tertiary/aromatic N) is 2. The van der Waals surface area contributed by atoms with Gasteiger partial charge in [-0.1, -0.05) is 30.3 Å². The molecule has 5 rings (SSSR count). The van der Waals surface area contributed by atoms with E-state index in [0.29, 0.717) is 11.7 Å². The molecule has 0 amide bonds. The largest absolute Gasteiger partial charge is 0.360 e. The second kappa shape index (κ2) is 8.41. The molecule has 0 aliphatic rings. The maximum Gasteiger partial charge on any atom is 0.171 e. The van der Waals surface area contributed by atoms with Crippen LogP contribution in [0, 0.1) is 0 Å². The molecule has 0 aliphatic heterocycles. The molecular formula is C24H20N6S. The topological polar surface area (TPSA) is 81.4 Å². The maximum atomic E-state index is 5.46. The SMILES string of the molecule is S=C(NCc1ccccc1)Nc1ccc2nc(-c3ccc[nH]3)c(-c3ccc[nH]3)nc2c1. The van der Waals surface area contributed by atoms with Gasteiger partial charge in [0.05, 0.1) is 22.4 Å². The smallest absolute Gasteiger partial charge is 0.171 e. The molecule has 31 heavy (non-hydrogen) atoms. The maximum absolute atomic E-state index is 5.46. The number of benzene rings is 2. The molecule has 6 nitrogen and oxygen atoms in total. The zero-order valence-electron chi connectivity index (χ0n) is 16.6. The standard InChI is InChI=1S/C24H20N6S/c31-24(27-15-16-6-2-1-3-7-16)28-17-10-11-18-21(14-17)30-23(20-9-5-13-26-20)22(29-18)19-8-4-12-25-19/h1-14,25-26H,15H2,(H2,27,28,31). The first-order valence-corrected chi connectivity index (χ1v) is 10.4. The van der Waals surface area contributed by atoms with Crippen molar-refractivity contribution in [2.24, 2.45) is 0 Å². The fourth-order valence-corrected chi connectivity index (χ4v) is 3.61. The number of thiocarbonyl (C=S) groups is 1. The monoisotopic (exact) mass is 424 g/mol. The zero-order valence-corrected chi connectivity index (χ0v) is 17.4. The fourth-order valence-electron chi connectivity index (χ4n) is 3.42. The van der Waals surface area contributed by atoms with Gasteiger partial charge in [0, 0.05) is 24.6 Å². The van der Waals surface area contributed by atoms with E-state index < -0.39 is 0 Å². The van der Waals surface area contributed by atoms with Crippen LogP contribution in [0.5, 0.6) is 0 Å². The summed E-state index contributed by atoms with van der Waals surface area (Å²) in [7, 11) is 0. The molecule has 0 bridgehead atoms. The van der Waals surface area contributed by atoms with Gasteiger partial charge in [0.15, 0.2) is 5.11 Å². The molecule has 7 heteroatoms. The molecule has 152 valence electrons. The van der Waals surface area contributed by atoms with E-state index >= 15 is 0 Å². The predicted octanol–water partition coefficient (Wildman–Crippen LogP) is 5.11. The van der Waals surface area contributed by atoms with Gasteiger partial charge < -0.3 is 20.6 Å². The number of aromatic amines is 2. The minimum Gasteiger partial charge on any atom is -0.360 e. The molecular weight excluding hydrogens is 404 g/mol. The molecule has 0 atom stereocenters. The molecule has 0 unspecified atom stereocenters. The molecule has 3 heterocycles. The Hall–Kier alpha value is -3.97. The second-order valence-electron chi connectivity index (χ2n) is 7.09. The van der Waals surface area contributed by atoms with Crippen molar-refractivity contribution >= 4 is 34.1 Å². The number of rotatable bonds is 5. The van der Waals surface area contributed by atoms with E-state index in [-0.39, 0.29) is 0 Å². The van der Waals surface area contributed by atoms with E-state index in [0.717, 1.165) is 39.5 Å². The number of hydrogen-bond donors (Lipinski definition) is 4. The fraction of sp³-hybridized carbons (Fsp3) is 0.0417. The van der Waals surface area contributed by atoms with Gasteiger partial charge in [0.2, 0.25) is 0 Å². The van der Waals surface area contributed by atoms with Crippen LogP contribution in [0.15, 0.2) is 85.2 Å². The van der Waals surface area contributed by atoms with Gasteiger partial charge in [0.1, 0.15) is 11.4 Å². The Kier molecular flexibility index (Phi) is 5.16. The van der Waals surface area contributed by atoms with Crippen molar-refractivity contribution in [1.29, 1.82) is 0 Å². The van der Waals surface area contributed by atoms with E-state index in [1.807, 2.05) is 73.1 Å². The van der Waals surface area contributed by atoms with Crippen LogP contribution in [-0.4, -0.2) is 25.0 Å². The van der Waals surface area contributed by atoms with Crippen molar-refractivity contribution in [2.75, 3.05) is 5.32 Å². The van der Waals surface area contributed by atoms with Gasteiger partial charge in [-0.2, -0.15) is 0 Å². The third kappa shape index (κ3) is 4.17. The van der Waals surface area contributed by atoms with E-state index in [1.165, 1.54) is 5.56 Å². The molecule has 0 radical (unpaired) electrons. The summed E-state index contributed by atoms with van der Waals surface area (Å²) < 4.78 is 0. The molecule has 0 aliphatic carbocycles.